The van der Waals surface area contributed by atoms with Crippen LogP contribution in [0.2, 0.25) is 0 Å². The Labute approximate surface area is 135 Å². The van der Waals surface area contributed by atoms with E-state index in [1.54, 1.807) is 10.9 Å². The molecule has 0 fully saturated rings. The molecule has 1 atom stereocenters. The predicted molar refractivity (Wildman–Crippen MR) is 88.6 cm³/mol. The lowest BCUT2D eigenvalue weighted by Gasteiger charge is -2.17. The second-order valence-corrected chi connectivity index (χ2v) is 5.64. The van der Waals surface area contributed by atoms with E-state index >= 15 is 0 Å². The molecule has 1 rings (SSSR count). The summed E-state index contributed by atoms with van der Waals surface area (Å²) in [5, 5.41) is 0. The van der Waals surface area contributed by atoms with Crippen LogP contribution >= 0.6 is 0 Å². The van der Waals surface area contributed by atoms with Gasteiger partial charge in [0.05, 0.1) is 0 Å². The molecule has 4 heteroatoms. The van der Waals surface area contributed by atoms with Gasteiger partial charge in [-0.25, -0.2) is 0 Å². The predicted octanol–water partition coefficient (Wildman–Crippen LogP) is 3.10. The molecule has 0 aromatic carbocycles. The Kier molecular flexibility index (Phi) is 8.56. The van der Waals surface area contributed by atoms with E-state index in [2.05, 4.69) is 13.8 Å². The average molecular weight is 307 g/mol. The maximum atomic E-state index is 12.4. The smallest absolute Gasteiger partial charge is 0.260 e. The van der Waals surface area contributed by atoms with Crippen LogP contribution in [0.4, 0.5) is 0 Å². The number of carbonyl (C=O) groups excluding carboxylic acids is 1. The molecule has 0 saturated carbocycles. The van der Waals surface area contributed by atoms with Crippen molar-refractivity contribution in [3.05, 3.63) is 30.1 Å². The third-order valence-corrected chi connectivity index (χ3v) is 4.08. The highest BCUT2D eigenvalue weighted by Gasteiger charge is 2.17. The molecule has 1 heterocycles. The van der Waals surface area contributed by atoms with Gasteiger partial charge in [0.25, 0.3) is 5.91 Å². The van der Waals surface area contributed by atoms with Crippen LogP contribution in [0.3, 0.4) is 0 Å². The molecule has 0 aliphatic rings. The van der Waals surface area contributed by atoms with Gasteiger partial charge < -0.3 is 4.90 Å². The third kappa shape index (κ3) is 5.66. The Morgan fingerprint density at radius 2 is 2.00 bits per heavy atom. The number of rotatable bonds is 10. The highest BCUT2D eigenvalue weighted by molar-refractivity contribution is 5.93. The number of hydrogen-bond donors (Lipinski definition) is 0. The van der Waals surface area contributed by atoms with Gasteiger partial charge in [-0.15, -0.1) is 0 Å². The summed E-state index contributed by atoms with van der Waals surface area (Å²) in [4.78, 5) is 20.0. The topological polar surface area (TPSA) is 33.4 Å². The highest BCUT2D eigenvalue weighted by atomic mass is 16.7. The van der Waals surface area contributed by atoms with Gasteiger partial charge >= 0.3 is 0 Å². The second kappa shape index (κ2) is 10.2. The monoisotopic (exact) mass is 307 g/mol. The molecule has 0 aliphatic heterocycles. The van der Waals surface area contributed by atoms with Crippen molar-refractivity contribution in [2.45, 2.75) is 53.4 Å². The zero-order valence-corrected chi connectivity index (χ0v) is 14.5. The van der Waals surface area contributed by atoms with Crippen molar-refractivity contribution in [1.82, 2.24) is 4.90 Å². The quantitative estimate of drug-likeness (QED) is 0.622. The second-order valence-electron chi connectivity index (χ2n) is 5.64. The average Bonchev–Trinajstić information content (AvgIpc) is 2.56. The summed E-state index contributed by atoms with van der Waals surface area (Å²) in [7, 11) is 0. The number of unbranched alkanes of at least 4 members (excludes halogenated alkanes) is 1. The Balaban J connectivity index is 2.65. The van der Waals surface area contributed by atoms with E-state index in [9.17, 15) is 4.79 Å². The van der Waals surface area contributed by atoms with Crippen LogP contribution in [-0.2, 0) is 0 Å². The summed E-state index contributed by atoms with van der Waals surface area (Å²) < 4.78 is 1.67. The van der Waals surface area contributed by atoms with E-state index in [0.717, 1.165) is 19.5 Å². The Morgan fingerprint density at radius 3 is 2.59 bits per heavy atom. The fraction of sp³-hybridized carbons (Fsp3) is 0.667. The van der Waals surface area contributed by atoms with Crippen LogP contribution in [0.15, 0.2) is 24.5 Å². The summed E-state index contributed by atoms with van der Waals surface area (Å²) in [6, 6.07) is 3.71. The first-order valence-electron chi connectivity index (χ1n) is 8.60. The Morgan fingerprint density at radius 1 is 1.27 bits per heavy atom. The van der Waals surface area contributed by atoms with Crippen molar-refractivity contribution in [2.75, 3.05) is 19.7 Å². The lowest BCUT2D eigenvalue weighted by atomic mass is 10.0. The van der Waals surface area contributed by atoms with Gasteiger partial charge in [-0.05, 0) is 38.7 Å². The molecule has 0 bridgehead atoms. The Bertz CT molecular complexity index is 444. The molecular formula is C18H31N2O2+. The SMILES string of the molecule is CCCCC(CC)CO[n+]1cccc(C(=O)N(CC)CC)c1. The maximum Gasteiger partial charge on any atom is 0.260 e. The summed E-state index contributed by atoms with van der Waals surface area (Å²) in [6.07, 6.45) is 8.42. The van der Waals surface area contributed by atoms with Crippen molar-refractivity contribution >= 4 is 5.91 Å². The highest BCUT2D eigenvalue weighted by Crippen LogP contribution is 2.11. The molecule has 0 spiro atoms. The zero-order chi connectivity index (χ0) is 16.4. The van der Waals surface area contributed by atoms with Crippen LogP contribution < -0.4 is 9.57 Å². The van der Waals surface area contributed by atoms with Gasteiger partial charge in [0.15, 0.2) is 6.61 Å². The van der Waals surface area contributed by atoms with Gasteiger partial charge in [0, 0.05) is 23.9 Å². The molecule has 1 aromatic heterocycles. The zero-order valence-electron chi connectivity index (χ0n) is 14.5. The summed E-state index contributed by atoms with van der Waals surface area (Å²) in [6.45, 7) is 10.5. The molecule has 1 unspecified atom stereocenters. The minimum Gasteiger partial charge on any atom is -0.339 e. The van der Waals surface area contributed by atoms with Crippen LogP contribution in [0.5, 0.6) is 0 Å². The molecular weight excluding hydrogens is 276 g/mol. The van der Waals surface area contributed by atoms with E-state index in [1.165, 1.54) is 19.3 Å². The van der Waals surface area contributed by atoms with Crippen molar-refractivity contribution in [3.8, 4) is 0 Å². The number of nitrogens with zero attached hydrogens (tertiary/aromatic N) is 2. The number of pyridine rings is 1. The van der Waals surface area contributed by atoms with Crippen molar-refractivity contribution < 1.29 is 14.4 Å². The molecule has 124 valence electrons. The van der Waals surface area contributed by atoms with E-state index in [-0.39, 0.29) is 5.91 Å². The summed E-state index contributed by atoms with van der Waals surface area (Å²) >= 11 is 0. The first-order chi connectivity index (χ1) is 10.7. The van der Waals surface area contributed by atoms with Crippen LogP contribution in [-0.4, -0.2) is 30.5 Å². The van der Waals surface area contributed by atoms with Crippen molar-refractivity contribution in [3.63, 3.8) is 0 Å². The van der Waals surface area contributed by atoms with E-state index in [0.29, 0.717) is 18.1 Å². The maximum absolute atomic E-state index is 12.4. The number of carbonyl (C=O) groups is 1. The van der Waals surface area contributed by atoms with E-state index in [4.69, 9.17) is 4.84 Å². The van der Waals surface area contributed by atoms with Gasteiger partial charge in [-0.2, -0.15) is 0 Å². The number of hydrogen-bond acceptors (Lipinski definition) is 2. The lowest BCUT2D eigenvalue weighted by molar-refractivity contribution is -0.892. The number of aromatic nitrogens is 1. The molecule has 0 N–H and O–H groups in total. The fourth-order valence-electron chi connectivity index (χ4n) is 2.44. The van der Waals surface area contributed by atoms with Crippen molar-refractivity contribution in [1.29, 1.82) is 0 Å². The summed E-state index contributed by atoms with van der Waals surface area (Å²) in [5.74, 6) is 0.635. The third-order valence-electron chi connectivity index (χ3n) is 4.08. The molecule has 1 amide bonds. The largest absolute Gasteiger partial charge is 0.339 e. The first kappa shape index (κ1) is 18.5. The minimum absolute atomic E-state index is 0.0565. The van der Waals surface area contributed by atoms with Gasteiger partial charge in [-0.1, -0.05) is 26.7 Å². The molecule has 22 heavy (non-hydrogen) atoms. The van der Waals surface area contributed by atoms with Crippen molar-refractivity contribution in [2.24, 2.45) is 5.92 Å². The van der Waals surface area contributed by atoms with E-state index < -0.39 is 0 Å². The molecule has 0 radical (unpaired) electrons. The summed E-state index contributed by atoms with van der Waals surface area (Å²) in [5.41, 5.74) is 0.674. The van der Waals surface area contributed by atoms with Crippen LogP contribution in [0.1, 0.15) is 63.7 Å². The van der Waals surface area contributed by atoms with Crippen LogP contribution in [0, 0.1) is 5.92 Å². The Hall–Kier alpha value is -1.58. The standard InChI is InChI=1S/C18H31N2O2/c1-5-9-11-16(6-2)15-22-20-13-10-12-17(14-20)18(21)19(7-3)8-4/h10,12-14,16H,5-9,11,15H2,1-4H3/q+1. The van der Waals surface area contributed by atoms with Gasteiger partial charge in [0.1, 0.15) is 5.56 Å². The molecule has 4 nitrogen and oxygen atoms in total. The first-order valence-corrected chi connectivity index (χ1v) is 8.60. The molecule has 0 saturated heterocycles. The van der Waals surface area contributed by atoms with Gasteiger partial charge in [-0.3, -0.25) is 9.63 Å². The van der Waals surface area contributed by atoms with Gasteiger partial charge in [0.2, 0.25) is 12.4 Å². The number of amides is 1. The minimum atomic E-state index is 0.0565. The molecule has 1 aromatic rings. The lowest BCUT2D eigenvalue weighted by Crippen LogP contribution is -2.45. The molecule has 0 aliphatic carbocycles. The fourth-order valence-corrected chi connectivity index (χ4v) is 2.44. The van der Waals surface area contributed by atoms with E-state index in [1.807, 2.05) is 37.1 Å². The van der Waals surface area contributed by atoms with Crippen LogP contribution in [0.25, 0.3) is 0 Å². The normalized spacial score (nSPS) is 12.0.